The van der Waals surface area contributed by atoms with Crippen LogP contribution < -0.4 is 5.56 Å². The topological polar surface area (TPSA) is 57.5 Å². The van der Waals surface area contributed by atoms with E-state index >= 15 is 0 Å². The van der Waals surface area contributed by atoms with Gasteiger partial charge >= 0.3 is 5.97 Å². The number of methoxy groups -OCH3 is 1. The summed E-state index contributed by atoms with van der Waals surface area (Å²) < 4.78 is 11.7. The van der Waals surface area contributed by atoms with Crippen LogP contribution in [0.2, 0.25) is 0 Å². The van der Waals surface area contributed by atoms with E-state index in [0.717, 1.165) is 12.8 Å². The maximum absolute atomic E-state index is 11.6. The third-order valence-electron chi connectivity index (χ3n) is 3.14. The van der Waals surface area contributed by atoms with Gasteiger partial charge in [0.05, 0.1) is 24.9 Å². The predicted molar refractivity (Wildman–Crippen MR) is 65.6 cm³/mol. The first-order valence-electron chi connectivity index (χ1n) is 5.97. The molecule has 18 heavy (non-hydrogen) atoms. The van der Waals surface area contributed by atoms with E-state index in [1.54, 1.807) is 0 Å². The first-order valence-corrected chi connectivity index (χ1v) is 5.97. The van der Waals surface area contributed by atoms with Gasteiger partial charge in [-0.15, -0.1) is 0 Å². The quantitative estimate of drug-likeness (QED) is 0.738. The van der Waals surface area contributed by atoms with E-state index in [0.29, 0.717) is 18.7 Å². The molecule has 0 radical (unpaired) electrons. The highest BCUT2D eigenvalue weighted by molar-refractivity contribution is 5.88. The van der Waals surface area contributed by atoms with Crippen LogP contribution in [-0.2, 0) is 16.0 Å². The van der Waals surface area contributed by atoms with Crippen molar-refractivity contribution in [2.75, 3.05) is 13.7 Å². The Hall–Kier alpha value is -1.62. The third-order valence-corrected chi connectivity index (χ3v) is 3.14. The minimum absolute atomic E-state index is 0.00354. The van der Waals surface area contributed by atoms with E-state index in [-0.39, 0.29) is 11.2 Å². The molecule has 0 saturated heterocycles. The first-order chi connectivity index (χ1) is 8.54. The first kappa shape index (κ1) is 12.8. The van der Waals surface area contributed by atoms with Gasteiger partial charge in [-0.05, 0) is 25.8 Å². The number of rotatable bonds is 5. The van der Waals surface area contributed by atoms with Crippen molar-refractivity contribution in [2.45, 2.75) is 31.9 Å². The largest absolute Gasteiger partial charge is 0.465 e. The summed E-state index contributed by atoms with van der Waals surface area (Å²) in [4.78, 5) is 23.0. The van der Waals surface area contributed by atoms with Gasteiger partial charge in [0.1, 0.15) is 0 Å². The summed E-state index contributed by atoms with van der Waals surface area (Å²) in [5.74, 6) is -0.446. The second-order valence-electron chi connectivity index (χ2n) is 4.74. The summed E-state index contributed by atoms with van der Waals surface area (Å²) in [6.07, 6.45) is 3.65. The van der Waals surface area contributed by atoms with E-state index < -0.39 is 5.97 Å². The van der Waals surface area contributed by atoms with Gasteiger partial charge < -0.3 is 14.0 Å². The lowest BCUT2D eigenvalue weighted by molar-refractivity contribution is 0.0405. The molecule has 1 aliphatic carbocycles. The van der Waals surface area contributed by atoms with Crippen LogP contribution >= 0.6 is 0 Å². The highest BCUT2D eigenvalue weighted by atomic mass is 16.5. The molecule has 0 bridgehead atoms. The molecule has 1 saturated carbocycles. The van der Waals surface area contributed by atoms with Crippen LogP contribution in [0.25, 0.3) is 0 Å². The standard InChI is InChI=1S/C13H17NO4/c1-13(5-6-13)18-8-7-14-9-10(12(16)17-2)3-4-11(14)15/h3-4,9H,5-8H2,1-2H3. The van der Waals surface area contributed by atoms with Crippen molar-refractivity contribution in [3.8, 4) is 0 Å². The Labute approximate surface area is 105 Å². The Bertz CT molecular complexity index is 502. The summed E-state index contributed by atoms with van der Waals surface area (Å²) in [6, 6.07) is 2.83. The third kappa shape index (κ3) is 2.98. The molecule has 0 unspecified atom stereocenters. The van der Waals surface area contributed by atoms with E-state index in [1.807, 2.05) is 0 Å². The van der Waals surface area contributed by atoms with Crippen molar-refractivity contribution in [1.29, 1.82) is 0 Å². The van der Waals surface area contributed by atoms with Gasteiger partial charge in [-0.3, -0.25) is 4.79 Å². The highest BCUT2D eigenvalue weighted by Gasteiger charge is 2.38. The van der Waals surface area contributed by atoms with Gasteiger partial charge in [-0.25, -0.2) is 4.79 Å². The lowest BCUT2D eigenvalue weighted by Gasteiger charge is -2.12. The van der Waals surface area contributed by atoms with Gasteiger partial charge in [-0.1, -0.05) is 0 Å². The van der Waals surface area contributed by atoms with Gasteiger partial charge in [-0.2, -0.15) is 0 Å². The maximum atomic E-state index is 11.6. The molecule has 0 aromatic carbocycles. The highest BCUT2D eigenvalue weighted by Crippen LogP contribution is 2.38. The molecular formula is C13H17NO4. The second-order valence-corrected chi connectivity index (χ2v) is 4.74. The van der Waals surface area contributed by atoms with E-state index in [4.69, 9.17) is 4.74 Å². The monoisotopic (exact) mass is 251 g/mol. The minimum atomic E-state index is -0.446. The Balaban J connectivity index is 2.01. The molecule has 5 heteroatoms. The van der Waals surface area contributed by atoms with E-state index in [9.17, 15) is 9.59 Å². The molecule has 0 amide bonds. The average molecular weight is 251 g/mol. The Morgan fingerprint density at radius 2 is 2.17 bits per heavy atom. The van der Waals surface area contributed by atoms with Crippen molar-refractivity contribution >= 4 is 5.97 Å². The van der Waals surface area contributed by atoms with Gasteiger partial charge in [0.15, 0.2) is 0 Å². The van der Waals surface area contributed by atoms with Crippen molar-refractivity contribution in [3.63, 3.8) is 0 Å². The molecule has 1 heterocycles. The molecule has 1 fully saturated rings. The van der Waals surface area contributed by atoms with Crippen LogP contribution in [0, 0.1) is 0 Å². The normalized spacial score (nSPS) is 16.3. The van der Waals surface area contributed by atoms with Crippen LogP contribution in [-0.4, -0.2) is 29.9 Å². The number of carbonyl (C=O) groups excluding carboxylic acids is 1. The zero-order valence-corrected chi connectivity index (χ0v) is 10.6. The van der Waals surface area contributed by atoms with Crippen molar-refractivity contribution in [2.24, 2.45) is 0 Å². The predicted octanol–water partition coefficient (Wildman–Crippen LogP) is 1.20. The molecule has 1 aliphatic rings. The SMILES string of the molecule is COC(=O)c1ccc(=O)n(CCOC2(C)CC2)c1. The summed E-state index contributed by atoms with van der Waals surface area (Å²) in [5, 5.41) is 0. The fourth-order valence-corrected chi connectivity index (χ4v) is 1.66. The summed E-state index contributed by atoms with van der Waals surface area (Å²) in [7, 11) is 1.31. The molecule has 0 spiro atoms. The Kier molecular flexibility index (Phi) is 3.52. The number of ether oxygens (including phenoxy) is 2. The van der Waals surface area contributed by atoms with Gasteiger partial charge in [0.2, 0.25) is 0 Å². The molecule has 1 aromatic heterocycles. The van der Waals surface area contributed by atoms with Crippen molar-refractivity contribution in [3.05, 3.63) is 34.2 Å². The zero-order chi connectivity index (χ0) is 13.2. The maximum Gasteiger partial charge on any atom is 0.339 e. The van der Waals surface area contributed by atoms with E-state index in [1.165, 1.54) is 30.0 Å². The van der Waals surface area contributed by atoms with Crippen molar-refractivity contribution in [1.82, 2.24) is 4.57 Å². The molecular weight excluding hydrogens is 234 g/mol. The van der Waals surface area contributed by atoms with Crippen LogP contribution in [0.1, 0.15) is 30.1 Å². The number of esters is 1. The van der Waals surface area contributed by atoms with Crippen LogP contribution in [0.3, 0.4) is 0 Å². The number of aromatic nitrogens is 1. The lowest BCUT2D eigenvalue weighted by Crippen LogP contribution is -2.24. The summed E-state index contributed by atoms with van der Waals surface area (Å²) in [6.45, 7) is 2.97. The molecule has 0 atom stereocenters. The van der Waals surface area contributed by atoms with Crippen LogP contribution in [0.15, 0.2) is 23.1 Å². The fourth-order valence-electron chi connectivity index (χ4n) is 1.66. The van der Waals surface area contributed by atoms with Gasteiger partial charge in [0, 0.05) is 18.8 Å². The number of pyridine rings is 1. The fraction of sp³-hybridized carbons (Fsp3) is 0.538. The Morgan fingerprint density at radius 1 is 1.44 bits per heavy atom. The summed E-state index contributed by atoms with van der Waals surface area (Å²) in [5.41, 5.74) is 0.228. The van der Waals surface area contributed by atoms with Crippen LogP contribution in [0.4, 0.5) is 0 Å². The number of nitrogens with zero attached hydrogens (tertiary/aromatic N) is 1. The molecule has 0 aliphatic heterocycles. The van der Waals surface area contributed by atoms with Crippen LogP contribution in [0.5, 0.6) is 0 Å². The molecule has 5 nitrogen and oxygen atoms in total. The van der Waals surface area contributed by atoms with Gasteiger partial charge in [0.25, 0.3) is 5.56 Å². The smallest absolute Gasteiger partial charge is 0.339 e. The Morgan fingerprint density at radius 3 is 2.78 bits per heavy atom. The molecule has 0 N–H and O–H groups in total. The molecule has 1 aromatic rings. The van der Waals surface area contributed by atoms with E-state index in [2.05, 4.69) is 11.7 Å². The molecule has 2 rings (SSSR count). The average Bonchev–Trinajstić information content (AvgIpc) is 3.09. The number of hydrogen-bond acceptors (Lipinski definition) is 4. The zero-order valence-electron chi connectivity index (χ0n) is 10.6. The number of hydrogen-bond donors (Lipinski definition) is 0. The van der Waals surface area contributed by atoms with Crippen molar-refractivity contribution < 1.29 is 14.3 Å². The second kappa shape index (κ2) is 4.94. The molecule has 98 valence electrons. The summed E-state index contributed by atoms with van der Waals surface area (Å²) >= 11 is 0. The number of carbonyl (C=O) groups is 1. The minimum Gasteiger partial charge on any atom is -0.465 e. The lowest BCUT2D eigenvalue weighted by atomic mass is 10.3.